The number of carbonyl (C=O) groups excluding carboxylic acids is 1. The van der Waals surface area contributed by atoms with Gasteiger partial charge in [-0.05, 0) is 79.6 Å². The predicted molar refractivity (Wildman–Crippen MR) is 113 cm³/mol. The maximum absolute atomic E-state index is 13.0. The van der Waals surface area contributed by atoms with Crippen LogP contribution in [0.25, 0.3) is 0 Å². The third-order valence-electron chi connectivity index (χ3n) is 5.64. The van der Waals surface area contributed by atoms with E-state index in [1.165, 1.54) is 9.87 Å². The average Bonchev–Trinajstić information content (AvgIpc) is 3.17. The first kappa shape index (κ1) is 19.6. The number of fused-ring (bicyclic) bond motifs is 1. The molecule has 1 aliphatic carbocycles. The molecular weight excluding hydrogens is 440 g/mol. The number of carbonyl (C=O) groups is 1. The fraction of sp³-hybridized carbons (Fsp3) is 0.381. The highest BCUT2D eigenvalue weighted by Crippen LogP contribution is 2.29. The largest absolute Gasteiger partial charge is 0.326 e. The van der Waals surface area contributed by atoms with Crippen molar-refractivity contribution in [3.05, 3.63) is 58.1 Å². The molecular formula is C21H23BrN2O3S. The van der Waals surface area contributed by atoms with E-state index in [0.717, 1.165) is 35.0 Å². The summed E-state index contributed by atoms with van der Waals surface area (Å²) in [5.74, 6) is -0.216. The van der Waals surface area contributed by atoms with Gasteiger partial charge in [0.25, 0.3) is 0 Å². The van der Waals surface area contributed by atoms with E-state index in [1.807, 2.05) is 36.4 Å². The zero-order valence-electron chi connectivity index (χ0n) is 15.5. The molecule has 5 nitrogen and oxygen atoms in total. The Morgan fingerprint density at radius 2 is 1.68 bits per heavy atom. The quantitative estimate of drug-likeness (QED) is 0.746. The summed E-state index contributed by atoms with van der Waals surface area (Å²) < 4.78 is 28.5. The number of hydrogen-bond acceptors (Lipinski definition) is 3. The van der Waals surface area contributed by atoms with Gasteiger partial charge in [0.15, 0.2) is 0 Å². The highest BCUT2D eigenvalue weighted by Gasteiger charge is 2.32. The van der Waals surface area contributed by atoms with E-state index >= 15 is 0 Å². The molecule has 1 fully saturated rings. The standard InChI is InChI=1S/C21H23BrN2O3S/c22-18-5-7-19(8-6-18)23-21(25)16-10-12-24(13-11-16)28(26,27)20-9-4-15-2-1-3-17(15)14-20/h4-9,14,16H,1-3,10-13H2,(H,23,25). The number of halogens is 1. The maximum atomic E-state index is 13.0. The van der Waals surface area contributed by atoms with Crippen molar-refractivity contribution < 1.29 is 13.2 Å². The Kier molecular flexibility index (Phi) is 5.58. The summed E-state index contributed by atoms with van der Waals surface area (Å²) in [5, 5.41) is 2.92. The van der Waals surface area contributed by atoms with Crippen LogP contribution in [-0.2, 0) is 27.7 Å². The highest BCUT2D eigenvalue weighted by atomic mass is 79.9. The summed E-state index contributed by atoms with van der Waals surface area (Å²) in [6.45, 7) is 0.746. The van der Waals surface area contributed by atoms with Gasteiger partial charge in [-0.15, -0.1) is 0 Å². The van der Waals surface area contributed by atoms with E-state index in [1.54, 1.807) is 6.07 Å². The van der Waals surface area contributed by atoms with Gasteiger partial charge in [0, 0.05) is 29.2 Å². The van der Waals surface area contributed by atoms with Gasteiger partial charge in [-0.3, -0.25) is 4.79 Å². The van der Waals surface area contributed by atoms with Gasteiger partial charge in [0.2, 0.25) is 15.9 Å². The van der Waals surface area contributed by atoms with E-state index in [2.05, 4.69) is 21.2 Å². The number of sulfonamides is 1. The molecule has 0 unspecified atom stereocenters. The summed E-state index contributed by atoms with van der Waals surface area (Å²) in [7, 11) is -3.50. The Morgan fingerprint density at radius 3 is 2.39 bits per heavy atom. The molecule has 0 spiro atoms. The molecule has 1 N–H and O–H groups in total. The number of nitrogens with one attached hydrogen (secondary N) is 1. The van der Waals surface area contributed by atoms with Crippen molar-refractivity contribution in [1.82, 2.24) is 4.31 Å². The Hall–Kier alpha value is -1.70. The highest BCUT2D eigenvalue weighted by molar-refractivity contribution is 9.10. The van der Waals surface area contributed by atoms with E-state index in [0.29, 0.717) is 30.8 Å². The third kappa shape index (κ3) is 4.02. The van der Waals surface area contributed by atoms with E-state index < -0.39 is 10.0 Å². The second-order valence-corrected chi connectivity index (χ2v) is 10.3. The zero-order chi connectivity index (χ0) is 19.7. The topological polar surface area (TPSA) is 66.5 Å². The fourth-order valence-electron chi connectivity index (χ4n) is 3.99. The van der Waals surface area contributed by atoms with Crippen LogP contribution in [0.1, 0.15) is 30.4 Å². The second-order valence-electron chi connectivity index (χ2n) is 7.46. The molecule has 1 amide bonds. The Bertz CT molecular complexity index is 981. The summed E-state index contributed by atoms with van der Waals surface area (Å²) >= 11 is 3.37. The predicted octanol–water partition coefficient (Wildman–Crippen LogP) is 3.98. The molecule has 7 heteroatoms. The van der Waals surface area contributed by atoms with Crippen LogP contribution in [0.2, 0.25) is 0 Å². The van der Waals surface area contributed by atoms with Crippen LogP contribution < -0.4 is 5.32 Å². The van der Waals surface area contributed by atoms with Crippen LogP contribution in [0, 0.1) is 5.92 Å². The molecule has 0 atom stereocenters. The lowest BCUT2D eigenvalue weighted by molar-refractivity contribution is -0.120. The van der Waals surface area contributed by atoms with Crippen molar-refractivity contribution >= 4 is 37.5 Å². The molecule has 1 heterocycles. The lowest BCUT2D eigenvalue weighted by atomic mass is 9.97. The lowest BCUT2D eigenvalue weighted by Gasteiger charge is -2.30. The number of rotatable bonds is 4. The summed E-state index contributed by atoms with van der Waals surface area (Å²) in [6.07, 6.45) is 4.16. The first-order valence-electron chi connectivity index (χ1n) is 9.62. The van der Waals surface area contributed by atoms with Crippen LogP contribution in [0.3, 0.4) is 0 Å². The van der Waals surface area contributed by atoms with Crippen molar-refractivity contribution in [2.45, 2.75) is 37.0 Å². The van der Waals surface area contributed by atoms with E-state index in [9.17, 15) is 13.2 Å². The maximum Gasteiger partial charge on any atom is 0.243 e. The number of nitrogens with zero attached hydrogens (tertiary/aromatic N) is 1. The average molecular weight is 463 g/mol. The minimum Gasteiger partial charge on any atom is -0.326 e. The summed E-state index contributed by atoms with van der Waals surface area (Å²) in [4.78, 5) is 12.9. The van der Waals surface area contributed by atoms with Gasteiger partial charge in [-0.2, -0.15) is 4.31 Å². The minimum atomic E-state index is -3.50. The van der Waals surface area contributed by atoms with Crippen LogP contribution in [-0.4, -0.2) is 31.7 Å². The Labute approximate surface area is 174 Å². The molecule has 1 saturated heterocycles. The van der Waals surface area contributed by atoms with Gasteiger partial charge in [0.1, 0.15) is 0 Å². The molecule has 0 bridgehead atoms. The first-order valence-corrected chi connectivity index (χ1v) is 11.9. The molecule has 0 aromatic heterocycles. The smallest absolute Gasteiger partial charge is 0.243 e. The van der Waals surface area contributed by atoms with Gasteiger partial charge >= 0.3 is 0 Å². The first-order chi connectivity index (χ1) is 13.4. The zero-order valence-corrected chi connectivity index (χ0v) is 17.9. The Balaban J connectivity index is 1.39. The molecule has 0 saturated carbocycles. The SMILES string of the molecule is O=C(Nc1ccc(Br)cc1)C1CCN(S(=O)(=O)c2ccc3c(c2)CCC3)CC1. The number of benzene rings is 2. The minimum absolute atomic E-state index is 0.0445. The van der Waals surface area contributed by atoms with Crippen molar-refractivity contribution in [3.63, 3.8) is 0 Å². The molecule has 2 aromatic rings. The number of anilines is 1. The van der Waals surface area contributed by atoms with Crippen LogP contribution in [0.15, 0.2) is 51.8 Å². The number of hydrogen-bond donors (Lipinski definition) is 1. The van der Waals surface area contributed by atoms with E-state index in [-0.39, 0.29) is 11.8 Å². The van der Waals surface area contributed by atoms with Gasteiger partial charge < -0.3 is 5.32 Å². The third-order valence-corrected chi connectivity index (χ3v) is 8.07. The number of piperidine rings is 1. The number of amides is 1. The molecule has 4 rings (SSSR count). The van der Waals surface area contributed by atoms with Gasteiger partial charge in [0.05, 0.1) is 4.90 Å². The van der Waals surface area contributed by atoms with Crippen molar-refractivity contribution in [2.75, 3.05) is 18.4 Å². The monoisotopic (exact) mass is 462 g/mol. The number of aryl methyl sites for hydroxylation is 2. The van der Waals surface area contributed by atoms with Crippen molar-refractivity contribution in [1.29, 1.82) is 0 Å². The normalized spacial score (nSPS) is 18.0. The fourth-order valence-corrected chi connectivity index (χ4v) is 5.78. The van der Waals surface area contributed by atoms with Crippen LogP contribution in [0.5, 0.6) is 0 Å². The van der Waals surface area contributed by atoms with Crippen LogP contribution in [0.4, 0.5) is 5.69 Å². The van der Waals surface area contributed by atoms with Crippen LogP contribution >= 0.6 is 15.9 Å². The Morgan fingerprint density at radius 1 is 1.00 bits per heavy atom. The molecule has 148 valence electrons. The van der Waals surface area contributed by atoms with Gasteiger partial charge in [-0.1, -0.05) is 22.0 Å². The second kappa shape index (κ2) is 7.97. The lowest BCUT2D eigenvalue weighted by Crippen LogP contribution is -2.41. The van der Waals surface area contributed by atoms with Crippen molar-refractivity contribution in [3.8, 4) is 0 Å². The molecule has 28 heavy (non-hydrogen) atoms. The molecule has 0 radical (unpaired) electrons. The molecule has 2 aromatic carbocycles. The summed E-state index contributed by atoms with van der Waals surface area (Å²) in [5.41, 5.74) is 3.17. The van der Waals surface area contributed by atoms with Crippen molar-refractivity contribution in [2.24, 2.45) is 5.92 Å². The molecule has 1 aliphatic heterocycles. The summed E-state index contributed by atoms with van der Waals surface area (Å²) in [6, 6.07) is 13.0. The molecule has 2 aliphatic rings. The van der Waals surface area contributed by atoms with E-state index in [4.69, 9.17) is 0 Å². The van der Waals surface area contributed by atoms with Gasteiger partial charge in [-0.25, -0.2) is 8.42 Å².